The first-order chi connectivity index (χ1) is 37.6. The van der Waals surface area contributed by atoms with Gasteiger partial charge in [-0.1, -0.05) is 165 Å². The van der Waals surface area contributed by atoms with Crippen molar-refractivity contribution in [3.05, 3.63) is 192 Å². The molecule has 4 nitrogen and oxygen atoms in total. The average Bonchev–Trinajstić information content (AvgIpc) is 3.80. The molecule has 0 aliphatic rings. The van der Waals surface area contributed by atoms with Gasteiger partial charge in [0, 0.05) is 33.8 Å². The second-order valence-corrected chi connectivity index (χ2v) is 18.6. The Bertz CT molecular complexity index is 3820. The van der Waals surface area contributed by atoms with Gasteiger partial charge in [0.05, 0.1) is 33.5 Å². The molecule has 0 aliphatic carbocycles. The van der Waals surface area contributed by atoms with E-state index >= 15 is 0 Å². The van der Waals surface area contributed by atoms with Gasteiger partial charge in [0.15, 0.2) is 0 Å². The van der Waals surface area contributed by atoms with Gasteiger partial charge in [-0.15, -0.1) is 0 Å². The molecule has 2 heterocycles. The summed E-state index contributed by atoms with van der Waals surface area (Å²) >= 11 is 0. The van der Waals surface area contributed by atoms with Gasteiger partial charge in [0.2, 0.25) is 0 Å². The fourth-order valence-corrected chi connectivity index (χ4v) is 8.11. The summed E-state index contributed by atoms with van der Waals surface area (Å²) in [5.74, 6) is 0.186. The number of aryl methyl sites for hydroxylation is 1. The van der Waals surface area contributed by atoms with Gasteiger partial charge in [-0.05, 0) is 145 Å². The summed E-state index contributed by atoms with van der Waals surface area (Å²) in [4.78, 5) is 9.95. The van der Waals surface area contributed by atoms with Gasteiger partial charge < -0.3 is 5.11 Å². The third kappa shape index (κ3) is 8.66. The molecule has 0 saturated heterocycles. The Morgan fingerprint density at radius 1 is 0.508 bits per heavy atom. The lowest BCUT2D eigenvalue weighted by Gasteiger charge is -2.26. The minimum atomic E-state index is -3.84. The number of rotatable bonds is 7. The number of imidazole rings is 1. The van der Waals surface area contributed by atoms with Crippen LogP contribution in [0.25, 0.3) is 83.9 Å². The predicted molar refractivity (Wildman–Crippen MR) is 274 cm³/mol. The number of hydrogen-bond acceptors (Lipinski definition) is 3. The van der Waals surface area contributed by atoms with Gasteiger partial charge in [-0.25, -0.2) is 4.98 Å². The molecule has 324 valence electrons. The summed E-state index contributed by atoms with van der Waals surface area (Å²) in [5, 5.41) is 11.5. The van der Waals surface area contributed by atoms with E-state index in [0.29, 0.717) is 44.5 Å². The first kappa shape index (κ1) is 28.0. The van der Waals surface area contributed by atoms with E-state index in [1.807, 2.05) is 72.8 Å². The molecule has 0 amide bonds. The second-order valence-electron chi connectivity index (χ2n) is 18.6. The van der Waals surface area contributed by atoms with Crippen molar-refractivity contribution in [2.24, 2.45) is 0 Å². The topological polar surface area (TPSA) is 50.9 Å². The van der Waals surface area contributed by atoms with Crippen LogP contribution >= 0.6 is 0 Å². The zero-order valence-corrected chi connectivity index (χ0v) is 37.1. The van der Waals surface area contributed by atoms with E-state index in [1.165, 1.54) is 24.4 Å². The molecule has 0 spiro atoms. The molecule has 0 unspecified atom stereocenters. The van der Waals surface area contributed by atoms with E-state index in [0.717, 1.165) is 27.8 Å². The lowest BCUT2D eigenvalue weighted by Crippen LogP contribution is -2.16. The normalized spacial score (nSPS) is 16.6. The molecule has 0 radical (unpaired) electrons. The number of pyridine rings is 1. The Balaban J connectivity index is 1.27. The molecule has 0 atom stereocenters. The number of phenols is 1. The highest BCUT2D eigenvalue weighted by Gasteiger charge is 2.24. The maximum absolute atomic E-state index is 11.5. The van der Waals surface area contributed by atoms with Crippen molar-refractivity contribution in [1.29, 1.82) is 0 Å². The molecule has 2 aromatic heterocycles. The molecular formula is C61H59N3O. The summed E-state index contributed by atoms with van der Waals surface area (Å²) in [5.41, 5.74) is 3.33. The van der Waals surface area contributed by atoms with E-state index in [9.17, 15) is 5.11 Å². The van der Waals surface area contributed by atoms with Crippen molar-refractivity contribution in [3.63, 3.8) is 0 Å². The maximum atomic E-state index is 11.5. The van der Waals surface area contributed by atoms with Gasteiger partial charge in [-0.3, -0.25) is 9.55 Å². The van der Waals surface area contributed by atoms with E-state index in [2.05, 4.69) is 64.7 Å². The maximum Gasteiger partial charge on any atom is 0.149 e. The molecule has 9 aromatic rings. The van der Waals surface area contributed by atoms with E-state index in [1.54, 1.807) is 34.9 Å². The Hall–Kier alpha value is -7.04. The summed E-state index contributed by atoms with van der Waals surface area (Å²) in [6, 6.07) is 38.2. The third-order valence-electron chi connectivity index (χ3n) is 11.8. The zero-order valence-electron chi connectivity index (χ0n) is 53.1. The van der Waals surface area contributed by atoms with Gasteiger partial charge in [-0.2, -0.15) is 0 Å². The van der Waals surface area contributed by atoms with Crippen molar-refractivity contribution < 1.29 is 27.0 Å². The van der Waals surface area contributed by atoms with E-state index in [4.69, 9.17) is 26.9 Å². The SMILES string of the molecule is [2H]c1c([2H])c(C(C([2H])([2H])[2H])(C([2H])([2H])[2H])C([2H])([2H])[2H])c([2H])c([2H])c1-c1ccnc(-c2cc(-c3ccccc3)cc(-c3cccc4c3nc(-c3ccccc3O)n4-c3ccc(-c4cc(C(C)(C)C)cc(C(C)(C)C)c4)cc3C([2H])([2H])[2H])c2)c1. The molecule has 0 saturated carbocycles. The molecule has 4 heteroatoms. The Morgan fingerprint density at radius 2 is 1.15 bits per heavy atom. The van der Waals surface area contributed by atoms with Crippen LogP contribution in [-0.4, -0.2) is 19.6 Å². The Morgan fingerprint density at radius 3 is 1.85 bits per heavy atom. The summed E-state index contributed by atoms with van der Waals surface area (Å²) in [7, 11) is 0. The van der Waals surface area contributed by atoms with Crippen molar-refractivity contribution in [3.8, 4) is 78.6 Å². The lowest BCUT2D eigenvalue weighted by atomic mass is 9.79. The first-order valence-corrected chi connectivity index (χ1v) is 21.5. The fraction of sp³-hybridized carbons (Fsp3) is 0.213. The van der Waals surface area contributed by atoms with Crippen LogP contribution in [0.5, 0.6) is 5.75 Å². The van der Waals surface area contributed by atoms with Crippen LogP contribution in [0.2, 0.25) is 0 Å². The number of aromatic nitrogens is 3. The molecular weight excluding hydrogens is 791 g/mol. The van der Waals surface area contributed by atoms with Crippen LogP contribution in [-0.2, 0) is 16.2 Å². The summed E-state index contributed by atoms with van der Waals surface area (Å²) in [6.45, 7) is -1.26. The number of phenolic OH excluding ortho intramolecular Hbond substituents is 1. The highest BCUT2D eigenvalue weighted by atomic mass is 16.3. The molecule has 65 heavy (non-hydrogen) atoms. The number of para-hydroxylation sites is 2. The molecule has 9 rings (SSSR count). The third-order valence-corrected chi connectivity index (χ3v) is 11.8. The quantitative estimate of drug-likeness (QED) is 0.174. The lowest BCUT2D eigenvalue weighted by molar-refractivity contribution is 0.477. The van der Waals surface area contributed by atoms with Crippen molar-refractivity contribution in [2.75, 3.05) is 0 Å². The van der Waals surface area contributed by atoms with E-state index in [-0.39, 0.29) is 44.8 Å². The van der Waals surface area contributed by atoms with Crippen LogP contribution in [0.1, 0.15) is 106 Å². The minimum Gasteiger partial charge on any atom is -0.507 e. The minimum absolute atomic E-state index is 0.0571. The first-order valence-electron chi connectivity index (χ1n) is 29.5. The predicted octanol–water partition coefficient (Wildman–Crippen LogP) is 16.3. The molecule has 1 N–H and O–H groups in total. The van der Waals surface area contributed by atoms with Crippen molar-refractivity contribution >= 4 is 11.0 Å². The van der Waals surface area contributed by atoms with Crippen molar-refractivity contribution in [1.82, 2.24) is 14.5 Å². The number of benzene rings is 7. The standard InChI is InChI=1S/C61H59N3O/c1-39-31-42(45-35-49(60(5,6)7)38-50(36-45)61(8,9)10)25-28-54(39)64-55-21-16-20-51(57(55)63-58(64)52-19-14-15-22-56(52)65)46-32-44(40-17-12-11-13-18-40)33-47(34-46)53-37-43(29-30-62-53)41-23-26-48(27-24-41)59(2,3)4/h11-38,65H,1-10H3/i1D3,2D3,3D3,4D3,23D,24D,26D,27D. The van der Waals surface area contributed by atoms with E-state index < -0.39 is 62.6 Å². The highest BCUT2D eigenvalue weighted by molar-refractivity contribution is 5.98. The zero-order chi connectivity index (χ0) is 59.3. The number of fused-ring (bicyclic) bond motifs is 1. The Labute approximate surface area is 407 Å². The second kappa shape index (κ2) is 16.5. The molecule has 0 aliphatic heterocycles. The summed E-state index contributed by atoms with van der Waals surface area (Å²) in [6.07, 6.45) is 1.39. The monoisotopic (exact) mass is 866 g/mol. The van der Waals surface area contributed by atoms with Crippen LogP contribution in [0, 0.1) is 6.85 Å². The molecule has 0 fully saturated rings. The van der Waals surface area contributed by atoms with Crippen LogP contribution < -0.4 is 0 Å². The Kier molecular flexibility index (Phi) is 7.11. The largest absolute Gasteiger partial charge is 0.507 e. The smallest absolute Gasteiger partial charge is 0.149 e. The highest BCUT2D eigenvalue weighted by Crippen LogP contribution is 2.42. The van der Waals surface area contributed by atoms with Crippen molar-refractivity contribution in [2.45, 2.75) is 85.2 Å². The number of hydrogen-bond donors (Lipinski definition) is 1. The van der Waals surface area contributed by atoms with Gasteiger partial charge >= 0.3 is 0 Å². The van der Waals surface area contributed by atoms with Crippen LogP contribution in [0.3, 0.4) is 0 Å². The van der Waals surface area contributed by atoms with Crippen LogP contribution in [0.4, 0.5) is 0 Å². The summed E-state index contributed by atoms with van der Waals surface area (Å²) < 4.78 is 139. The van der Waals surface area contributed by atoms with Gasteiger partial charge in [0.25, 0.3) is 0 Å². The average molecular weight is 866 g/mol. The van der Waals surface area contributed by atoms with Crippen LogP contribution in [0.15, 0.2) is 170 Å². The number of nitrogens with zero attached hydrogens (tertiary/aromatic N) is 3. The molecule has 7 aromatic carbocycles. The van der Waals surface area contributed by atoms with Gasteiger partial charge in [0.1, 0.15) is 11.6 Å². The molecule has 0 bridgehead atoms. The fourth-order valence-electron chi connectivity index (χ4n) is 8.11. The number of aromatic hydroxyl groups is 1.